The maximum absolute atomic E-state index is 10.9. The molecule has 2 rings (SSSR count). The Kier molecular flexibility index (Phi) is 4.29. The smallest absolute Gasteiger partial charge is 0.341 e. The van der Waals surface area contributed by atoms with Gasteiger partial charge in [0.25, 0.3) is 0 Å². The highest BCUT2D eigenvalue weighted by Crippen LogP contribution is 2.16. The lowest BCUT2D eigenvalue weighted by Gasteiger charge is -2.05. The number of rotatable bonds is 5. The van der Waals surface area contributed by atoms with Gasteiger partial charge in [0.15, 0.2) is 0 Å². The van der Waals surface area contributed by atoms with Crippen LogP contribution in [0.2, 0.25) is 0 Å². The molecule has 0 atom stereocenters. The molecule has 1 aromatic heterocycles. The van der Waals surface area contributed by atoms with E-state index in [4.69, 9.17) is 9.84 Å². The maximum atomic E-state index is 10.9. The number of nitrogens with zero attached hydrogens (tertiary/aromatic N) is 1. The van der Waals surface area contributed by atoms with E-state index < -0.39 is 5.97 Å². The highest BCUT2D eigenvalue weighted by atomic mass is 16.5. The zero-order chi connectivity index (χ0) is 13.5. The second-order valence-electron chi connectivity index (χ2n) is 3.80. The van der Waals surface area contributed by atoms with Gasteiger partial charge in [-0.3, -0.25) is 4.98 Å². The van der Waals surface area contributed by atoms with Crippen LogP contribution in [-0.4, -0.2) is 22.7 Å². The van der Waals surface area contributed by atoms with Gasteiger partial charge < -0.3 is 9.84 Å². The molecule has 0 amide bonds. The Hall–Kier alpha value is -2.62. The van der Waals surface area contributed by atoms with E-state index in [0.29, 0.717) is 12.4 Å². The van der Waals surface area contributed by atoms with Gasteiger partial charge in [0, 0.05) is 12.4 Å². The molecule has 0 bridgehead atoms. The summed E-state index contributed by atoms with van der Waals surface area (Å²) in [5.41, 5.74) is 1.13. The standard InChI is InChI=1S/C15H13NO3/c17-15(18)13-11-16-9-8-14(13)19-10-4-7-12-5-2-1-3-6-12/h1-9,11H,10H2,(H,17,18)/b7-4+. The zero-order valence-electron chi connectivity index (χ0n) is 10.2. The summed E-state index contributed by atoms with van der Waals surface area (Å²) >= 11 is 0. The van der Waals surface area contributed by atoms with E-state index in [-0.39, 0.29) is 5.56 Å². The van der Waals surface area contributed by atoms with Crippen molar-refractivity contribution in [3.63, 3.8) is 0 Å². The molecule has 0 saturated heterocycles. The van der Waals surface area contributed by atoms with E-state index in [1.54, 1.807) is 6.07 Å². The first-order valence-corrected chi connectivity index (χ1v) is 5.79. The van der Waals surface area contributed by atoms with Crippen molar-refractivity contribution < 1.29 is 14.6 Å². The summed E-state index contributed by atoms with van der Waals surface area (Å²) in [4.78, 5) is 14.7. The molecule has 4 heteroatoms. The predicted molar refractivity (Wildman–Crippen MR) is 72.2 cm³/mol. The second-order valence-corrected chi connectivity index (χ2v) is 3.80. The summed E-state index contributed by atoms with van der Waals surface area (Å²) in [6.45, 7) is 0.305. The normalized spacial score (nSPS) is 10.5. The van der Waals surface area contributed by atoms with Gasteiger partial charge >= 0.3 is 5.97 Å². The highest BCUT2D eigenvalue weighted by Gasteiger charge is 2.09. The first kappa shape index (κ1) is 12.8. The summed E-state index contributed by atoms with van der Waals surface area (Å²) in [7, 11) is 0. The third-order valence-electron chi connectivity index (χ3n) is 2.46. The molecule has 4 nitrogen and oxygen atoms in total. The Bertz CT molecular complexity index is 579. The monoisotopic (exact) mass is 255 g/mol. The van der Waals surface area contributed by atoms with Crippen molar-refractivity contribution in [3.05, 3.63) is 66.0 Å². The summed E-state index contributed by atoms with van der Waals surface area (Å²) in [6.07, 6.45) is 6.53. The lowest BCUT2D eigenvalue weighted by atomic mass is 10.2. The van der Waals surface area contributed by atoms with E-state index in [9.17, 15) is 4.79 Å². The van der Waals surface area contributed by atoms with Gasteiger partial charge in [-0.15, -0.1) is 0 Å². The lowest BCUT2D eigenvalue weighted by molar-refractivity contribution is 0.0692. The molecule has 96 valence electrons. The van der Waals surface area contributed by atoms with Crippen LogP contribution in [0.3, 0.4) is 0 Å². The van der Waals surface area contributed by atoms with Crippen LogP contribution in [0.5, 0.6) is 5.75 Å². The topological polar surface area (TPSA) is 59.4 Å². The Balaban J connectivity index is 1.96. The third-order valence-corrected chi connectivity index (χ3v) is 2.46. The van der Waals surface area contributed by atoms with Crippen molar-refractivity contribution in [3.8, 4) is 5.75 Å². The van der Waals surface area contributed by atoms with E-state index in [1.165, 1.54) is 12.4 Å². The number of benzene rings is 1. The van der Waals surface area contributed by atoms with Gasteiger partial charge in [0.1, 0.15) is 17.9 Å². The number of ether oxygens (including phenoxy) is 1. The Morgan fingerprint density at radius 1 is 1.26 bits per heavy atom. The van der Waals surface area contributed by atoms with Gasteiger partial charge in [-0.2, -0.15) is 0 Å². The first-order chi connectivity index (χ1) is 9.27. The van der Waals surface area contributed by atoms with Crippen LogP contribution >= 0.6 is 0 Å². The predicted octanol–water partition coefficient (Wildman–Crippen LogP) is 2.87. The fourth-order valence-electron chi connectivity index (χ4n) is 1.55. The average molecular weight is 255 g/mol. The molecule has 0 aliphatic rings. The first-order valence-electron chi connectivity index (χ1n) is 5.79. The van der Waals surface area contributed by atoms with Crippen LogP contribution in [0.4, 0.5) is 0 Å². The molecule has 0 radical (unpaired) electrons. The van der Waals surface area contributed by atoms with Gasteiger partial charge in [-0.1, -0.05) is 36.4 Å². The summed E-state index contributed by atoms with van der Waals surface area (Å²) in [5, 5.41) is 8.96. The lowest BCUT2D eigenvalue weighted by Crippen LogP contribution is -2.03. The molecule has 2 aromatic rings. The van der Waals surface area contributed by atoms with E-state index in [1.807, 2.05) is 42.5 Å². The number of hydrogen-bond donors (Lipinski definition) is 1. The van der Waals surface area contributed by atoms with Crippen LogP contribution in [-0.2, 0) is 0 Å². The Morgan fingerprint density at radius 2 is 2.05 bits per heavy atom. The number of carboxylic acids is 1. The molecule has 1 aromatic carbocycles. The van der Waals surface area contributed by atoms with E-state index >= 15 is 0 Å². The van der Waals surface area contributed by atoms with Gasteiger partial charge in [-0.05, 0) is 17.7 Å². The SMILES string of the molecule is O=C(O)c1cnccc1OC/C=C/c1ccccc1. The summed E-state index contributed by atoms with van der Waals surface area (Å²) < 4.78 is 5.41. The number of aromatic nitrogens is 1. The molecule has 1 N–H and O–H groups in total. The van der Waals surface area contributed by atoms with Gasteiger partial charge in [0.05, 0.1) is 0 Å². The quantitative estimate of drug-likeness (QED) is 0.892. The van der Waals surface area contributed by atoms with Crippen LogP contribution in [0.25, 0.3) is 6.08 Å². The largest absolute Gasteiger partial charge is 0.489 e. The number of carbonyl (C=O) groups is 1. The van der Waals surface area contributed by atoms with E-state index in [2.05, 4.69) is 4.98 Å². The second kappa shape index (κ2) is 6.35. The van der Waals surface area contributed by atoms with Crippen molar-refractivity contribution >= 4 is 12.0 Å². The third kappa shape index (κ3) is 3.67. The fourth-order valence-corrected chi connectivity index (χ4v) is 1.55. The van der Waals surface area contributed by atoms with E-state index in [0.717, 1.165) is 5.56 Å². The molecule has 0 aliphatic carbocycles. The minimum atomic E-state index is -1.05. The molecule has 0 saturated carbocycles. The average Bonchev–Trinajstić information content (AvgIpc) is 2.45. The summed E-state index contributed by atoms with van der Waals surface area (Å²) in [6, 6.07) is 11.3. The van der Waals surface area contributed by atoms with Crippen LogP contribution in [0, 0.1) is 0 Å². The molecular formula is C15H13NO3. The van der Waals surface area contributed by atoms with Crippen molar-refractivity contribution in [1.29, 1.82) is 0 Å². The van der Waals surface area contributed by atoms with Crippen LogP contribution < -0.4 is 4.74 Å². The fraction of sp³-hybridized carbons (Fsp3) is 0.0667. The van der Waals surface area contributed by atoms with Gasteiger partial charge in [-0.25, -0.2) is 4.79 Å². The van der Waals surface area contributed by atoms with Crippen LogP contribution in [0.15, 0.2) is 54.9 Å². The Labute approximate surface area is 111 Å². The number of aromatic carboxylic acids is 1. The molecule has 1 heterocycles. The summed E-state index contributed by atoms with van der Waals surface area (Å²) in [5.74, 6) is -0.727. The van der Waals surface area contributed by atoms with Crippen molar-refractivity contribution in [2.45, 2.75) is 0 Å². The molecule has 0 fully saturated rings. The minimum Gasteiger partial charge on any atom is -0.489 e. The molecular weight excluding hydrogens is 242 g/mol. The Morgan fingerprint density at radius 3 is 2.79 bits per heavy atom. The number of pyridine rings is 1. The molecule has 0 unspecified atom stereocenters. The number of carboxylic acid groups (broad SMARTS) is 1. The molecule has 0 aliphatic heterocycles. The maximum Gasteiger partial charge on any atom is 0.341 e. The van der Waals surface area contributed by atoms with Crippen molar-refractivity contribution in [1.82, 2.24) is 4.98 Å². The van der Waals surface area contributed by atoms with Gasteiger partial charge in [0.2, 0.25) is 0 Å². The highest BCUT2D eigenvalue weighted by molar-refractivity contribution is 5.90. The molecule has 19 heavy (non-hydrogen) atoms. The van der Waals surface area contributed by atoms with Crippen LogP contribution in [0.1, 0.15) is 15.9 Å². The minimum absolute atomic E-state index is 0.0654. The van der Waals surface area contributed by atoms with Crippen molar-refractivity contribution in [2.24, 2.45) is 0 Å². The van der Waals surface area contributed by atoms with Crippen molar-refractivity contribution in [2.75, 3.05) is 6.61 Å². The number of hydrogen-bond acceptors (Lipinski definition) is 3. The molecule has 0 spiro atoms. The zero-order valence-corrected chi connectivity index (χ0v) is 10.2.